The van der Waals surface area contributed by atoms with Gasteiger partial charge in [-0.05, 0) is 30.0 Å². The van der Waals surface area contributed by atoms with Crippen molar-refractivity contribution in [3.05, 3.63) is 82.2 Å². The zero-order chi connectivity index (χ0) is 17.8. The topological polar surface area (TPSA) is 55.1 Å². The highest BCUT2D eigenvalue weighted by Crippen LogP contribution is 2.37. The Hall–Kier alpha value is -2.59. The van der Waals surface area contributed by atoms with Crippen LogP contribution in [0.15, 0.2) is 60.7 Å². The molecule has 0 radical (unpaired) electrons. The van der Waals surface area contributed by atoms with E-state index in [1.165, 1.54) is 0 Å². The number of nitrogen functional groups attached to an aromatic ring is 1. The third-order valence-electron chi connectivity index (χ3n) is 4.37. The van der Waals surface area contributed by atoms with Crippen LogP contribution >= 0.6 is 11.3 Å². The highest BCUT2D eigenvalue weighted by molar-refractivity contribution is 7.17. The summed E-state index contributed by atoms with van der Waals surface area (Å²) >= 11 is 1.54. The van der Waals surface area contributed by atoms with Crippen molar-refractivity contribution in [2.75, 3.05) is 11.1 Å². The van der Waals surface area contributed by atoms with Gasteiger partial charge in [0.05, 0.1) is 11.6 Å². The molecule has 0 aliphatic rings. The summed E-state index contributed by atoms with van der Waals surface area (Å²) in [5.74, 6) is -0.428. The van der Waals surface area contributed by atoms with Crippen LogP contribution in [0.25, 0.3) is 0 Å². The van der Waals surface area contributed by atoms with Crippen LogP contribution in [0.2, 0.25) is 0 Å². The maximum Gasteiger partial charge on any atom is 0.237 e. The second-order valence-corrected chi connectivity index (χ2v) is 7.20. The Morgan fingerprint density at radius 1 is 1.04 bits per heavy atom. The zero-order valence-corrected chi connectivity index (χ0v) is 15.3. The number of nitrogens with two attached hydrogens (primary N) is 1. The number of aryl methyl sites for hydroxylation is 1. The van der Waals surface area contributed by atoms with Gasteiger partial charge < -0.3 is 11.1 Å². The summed E-state index contributed by atoms with van der Waals surface area (Å²) in [5.41, 5.74) is 9.98. The summed E-state index contributed by atoms with van der Waals surface area (Å²) in [6.45, 7) is 4.12. The summed E-state index contributed by atoms with van der Waals surface area (Å²) in [4.78, 5) is 14.3. The van der Waals surface area contributed by atoms with Gasteiger partial charge in [-0.25, -0.2) is 0 Å². The first-order valence-electron chi connectivity index (χ1n) is 8.40. The SMILES string of the molecule is CCc1c(C)sc(NC(=O)C(c2ccccc2)c2ccccc2)c1N. The van der Waals surface area contributed by atoms with Gasteiger partial charge in [-0.1, -0.05) is 67.6 Å². The van der Waals surface area contributed by atoms with E-state index in [0.717, 1.165) is 33.0 Å². The van der Waals surface area contributed by atoms with Crippen LogP contribution in [0.4, 0.5) is 10.7 Å². The molecule has 3 rings (SSSR count). The predicted octanol–water partition coefficient (Wildman–Crippen LogP) is 4.97. The lowest BCUT2D eigenvalue weighted by Crippen LogP contribution is -2.22. The number of hydrogen-bond acceptors (Lipinski definition) is 3. The van der Waals surface area contributed by atoms with Crippen molar-refractivity contribution < 1.29 is 4.79 Å². The van der Waals surface area contributed by atoms with Gasteiger partial charge in [0, 0.05) is 4.88 Å². The number of nitrogens with one attached hydrogen (secondary N) is 1. The molecule has 0 aliphatic carbocycles. The van der Waals surface area contributed by atoms with E-state index >= 15 is 0 Å². The normalized spacial score (nSPS) is 10.8. The number of carbonyl (C=O) groups excluding carboxylic acids is 1. The van der Waals surface area contributed by atoms with E-state index in [2.05, 4.69) is 12.2 Å². The van der Waals surface area contributed by atoms with Crippen LogP contribution in [0.3, 0.4) is 0 Å². The number of thiophene rings is 1. The molecule has 2 aromatic carbocycles. The lowest BCUT2D eigenvalue weighted by atomic mass is 9.90. The highest BCUT2D eigenvalue weighted by Gasteiger charge is 2.24. The number of benzene rings is 2. The summed E-state index contributed by atoms with van der Waals surface area (Å²) in [5, 5.41) is 3.80. The van der Waals surface area contributed by atoms with Gasteiger partial charge in [0.25, 0.3) is 0 Å². The minimum absolute atomic E-state index is 0.0620. The molecular weight excluding hydrogens is 328 g/mol. The summed E-state index contributed by atoms with van der Waals surface area (Å²) in [7, 11) is 0. The molecule has 0 fully saturated rings. The molecule has 3 aromatic rings. The fourth-order valence-electron chi connectivity index (χ4n) is 3.10. The molecule has 128 valence electrons. The molecule has 0 spiro atoms. The van der Waals surface area contributed by atoms with Crippen molar-refractivity contribution in [1.29, 1.82) is 0 Å². The fraction of sp³-hybridized carbons (Fsp3) is 0.190. The molecule has 0 aliphatic heterocycles. The van der Waals surface area contributed by atoms with Gasteiger partial charge in [0.15, 0.2) is 0 Å². The van der Waals surface area contributed by atoms with E-state index in [9.17, 15) is 4.79 Å². The first-order valence-corrected chi connectivity index (χ1v) is 9.22. The molecule has 3 N–H and O–H groups in total. The Bertz CT molecular complexity index is 817. The Labute approximate surface area is 152 Å². The van der Waals surface area contributed by atoms with Gasteiger partial charge in [-0.2, -0.15) is 0 Å². The van der Waals surface area contributed by atoms with E-state index in [1.807, 2.05) is 67.6 Å². The third-order valence-corrected chi connectivity index (χ3v) is 5.45. The zero-order valence-electron chi connectivity index (χ0n) is 14.5. The van der Waals surface area contributed by atoms with E-state index in [-0.39, 0.29) is 11.8 Å². The average Bonchev–Trinajstić information content (AvgIpc) is 2.90. The van der Waals surface area contributed by atoms with Gasteiger partial charge in [-0.3, -0.25) is 4.79 Å². The molecule has 1 aromatic heterocycles. The molecule has 1 amide bonds. The predicted molar refractivity (Wildman–Crippen MR) is 106 cm³/mol. The van der Waals surface area contributed by atoms with Crippen molar-refractivity contribution in [3.63, 3.8) is 0 Å². The maximum atomic E-state index is 13.1. The summed E-state index contributed by atoms with van der Waals surface area (Å²) < 4.78 is 0. The summed E-state index contributed by atoms with van der Waals surface area (Å²) in [6, 6.07) is 19.7. The van der Waals surface area contributed by atoms with E-state index < -0.39 is 0 Å². The molecule has 0 saturated carbocycles. The van der Waals surface area contributed by atoms with Crippen molar-refractivity contribution in [2.45, 2.75) is 26.2 Å². The Kier molecular flexibility index (Phi) is 5.19. The van der Waals surface area contributed by atoms with Gasteiger partial charge in [-0.15, -0.1) is 11.3 Å². The second-order valence-electron chi connectivity index (χ2n) is 5.98. The van der Waals surface area contributed by atoms with E-state index in [0.29, 0.717) is 5.69 Å². The smallest absolute Gasteiger partial charge is 0.237 e. The van der Waals surface area contributed by atoms with Crippen molar-refractivity contribution >= 4 is 27.9 Å². The van der Waals surface area contributed by atoms with Crippen molar-refractivity contribution in [3.8, 4) is 0 Å². The molecule has 3 nitrogen and oxygen atoms in total. The van der Waals surface area contributed by atoms with E-state index in [1.54, 1.807) is 11.3 Å². The first-order chi connectivity index (χ1) is 12.1. The Balaban J connectivity index is 1.96. The van der Waals surface area contributed by atoms with Gasteiger partial charge in [0.1, 0.15) is 5.00 Å². The number of amides is 1. The molecular formula is C21H22N2OS. The number of carbonyl (C=O) groups is 1. The van der Waals surface area contributed by atoms with Crippen molar-refractivity contribution in [2.24, 2.45) is 0 Å². The maximum absolute atomic E-state index is 13.1. The van der Waals surface area contributed by atoms with Crippen LogP contribution < -0.4 is 11.1 Å². The molecule has 1 heterocycles. The molecule has 4 heteroatoms. The minimum atomic E-state index is -0.366. The standard InChI is InChI=1S/C21H22N2OS/c1-3-17-14(2)25-21(19(17)22)23-20(24)18(15-10-6-4-7-11-15)16-12-8-5-9-13-16/h4-13,18H,3,22H2,1-2H3,(H,23,24). The monoisotopic (exact) mass is 350 g/mol. The number of rotatable bonds is 5. The van der Waals surface area contributed by atoms with Gasteiger partial charge >= 0.3 is 0 Å². The molecule has 0 bridgehead atoms. The van der Waals surface area contributed by atoms with Crippen LogP contribution in [-0.2, 0) is 11.2 Å². The van der Waals surface area contributed by atoms with Crippen molar-refractivity contribution in [1.82, 2.24) is 0 Å². The first kappa shape index (κ1) is 17.2. The number of hydrogen-bond donors (Lipinski definition) is 2. The fourth-order valence-corrected chi connectivity index (χ4v) is 4.17. The highest BCUT2D eigenvalue weighted by atomic mass is 32.1. The lowest BCUT2D eigenvalue weighted by Gasteiger charge is -2.17. The van der Waals surface area contributed by atoms with Crippen LogP contribution in [0, 0.1) is 6.92 Å². The minimum Gasteiger partial charge on any atom is -0.396 e. The third kappa shape index (κ3) is 3.59. The Morgan fingerprint density at radius 2 is 1.56 bits per heavy atom. The molecule has 25 heavy (non-hydrogen) atoms. The van der Waals surface area contributed by atoms with Crippen LogP contribution in [-0.4, -0.2) is 5.91 Å². The Morgan fingerprint density at radius 3 is 2.00 bits per heavy atom. The second kappa shape index (κ2) is 7.53. The van der Waals surface area contributed by atoms with Gasteiger partial charge in [0.2, 0.25) is 5.91 Å². The van der Waals surface area contributed by atoms with Crippen LogP contribution in [0.5, 0.6) is 0 Å². The van der Waals surface area contributed by atoms with E-state index in [4.69, 9.17) is 5.73 Å². The molecule has 0 unspecified atom stereocenters. The quantitative estimate of drug-likeness (QED) is 0.682. The number of anilines is 2. The molecule has 0 saturated heterocycles. The summed E-state index contributed by atoms with van der Waals surface area (Å²) in [6.07, 6.45) is 0.866. The van der Waals surface area contributed by atoms with Crippen LogP contribution in [0.1, 0.15) is 34.4 Å². The molecule has 0 atom stereocenters. The lowest BCUT2D eigenvalue weighted by molar-refractivity contribution is -0.116. The largest absolute Gasteiger partial charge is 0.396 e. The average molecular weight is 350 g/mol.